The highest BCUT2D eigenvalue weighted by molar-refractivity contribution is 7.92. The van der Waals surface area contributed by atoms with Gasteiger partial charge in [0.25, 0.3) is 5.91 Å². The van der Waals surface area contributed by atoms with Crippen LogP contribution in [0.5, 0.6) is 5.75 Å². The fourth-order valence-electron chi connectivity index (χ4n) is 4.64. The second-order valence-corrected chi connectivity index (χ2v) is 11.4. The Morgan fingerprint density at radius 1 is 1.18 bits per heavy atom. The van der Waals surface area contributed by atoms with Crippen molar-refractivity contribution >= 4 is 21.6 Å². The Balaban J connectivity index is 1.91. The van der Waals surface area contributed by atoms with Gasteiger partial charge in [0.1, 0.15) is 12.4 Å². The number of nitrogens with zero attached hydrogens (tertiary/aromatic N) is 2. The van der Waals surface area contributed by atoms with Crippen LogP contribution in [0.1, 0.15) is 37.0 Å². The van der Waals surface area contributed by atoms with Crippen molar-refractivity contribution in [3.05, 3.63) is 23.8 Å². The number of fused-ring (bicyclic) bond motifs is 1. The number of anilines is 1. The summed E-state index contributed by atoms with van der Waals surface area (Å²) in [4.78, 5) is 17.4. The minimum atomic E-state index is -3.46. The van der Waals surface area contributed by atoms with Crippen LogP contribution in [0.2, 0.25) is 0 Å². The van der Waals surface area contributed by atoms with Gasteiger partial charge in [-0.25, -0.2) is 8.42 Å². The Labute approximate surface area is 203 Å². The predicted octanol–water partition coefficient (Wildman–Crippen LogP) is 2.29. The molecule has 34 heavy (non-hydrogen) atoms. The molecule has 9 nitrogen and oxygen atoms in total. The summed E-state index contributed by atoms with van der Waals surface area (Å²) in [6.07, 6.45) is 3.07. The van der Waals surface area contributed by atoms with E-state index in [1.165, 1.54) is 0 Å². The van der Waals surface area contributed by atoms with Gasteiger partial charge in [0.15, 0.2) is 0 Å². The van der Waals surface area contributed by atoms with Crippen molar-refractivity contribution in [2.75, 3.05) is 64.6 Å². The lowest BCUT2D eigenvalue weighted by atomic mass is 9.96. The number of carbonyl (C=O) groups is 1. The third-order valence-electron chi connectivity index (χ3n) is 6.71. The van der Waals surface area contributed by atoms with Crippen LogP contribution in [0.25, 0.3) is 0 Å². The van der Waals surface area contributed by atoms with E-state index in [9.17, 15) is 13.2 Å². The largest absolute Gasteiger partial charge is 0.491 e. The molecule has 10 heteroatoms. The van der Waals surface area contributed by atoms with E-state index in [2.05, 4.69) is 23.5 Å². The zero-order chi connectivity index (χ0) is 24.9. The molecule has 0 bridgehead atoms. The molecule has 1 aromatic carbocycles. The van der Waals surface area contributed by atoms with Crippen LogP contribution in [0, 0.1) is 11.8 Å². The topological polar surface area (TPSA) is 97.4 Å². The standard InChI is InChI=1S/C24H39N3O6S/c1-17-13-27(14-19-8-10-32-11-9-19)18(2)16-33-22-12-20(25-34(5,29)30)6-7-21(22)24(28)26(3)15-23(17)31-4/h6-7,12,17-19,23,25H,8-11,13-16H2,1-5H3/t17-,18+,23+/m1/s1. The van der Waals surface area contributed by atoms with Crippen LogP contribution < -0.4 is 9.46 Å². The third-order valence-corrected chi connectivity index (χ3v) is 7.32. The zero-order valence-corrected chi connectivity index (χ0v) is 21.8. The second-order valence-electron chi connectivity index (χ2n) is 9.69. The molecule has 0 aliphatic carbocycles. The monoisotopic (exact) mass is 497 g/mol. The molecule has 2 aliphatic rings. The summed E-state index contributed by atoms with van der Waals surface area (Å²) in [6.45, 7) is 8.49. The lowest BCUT2D eigenvalue weighted by Crippen LogP contribution is -2.48. The fraction of sp³-hybridized carbons (Fsp3) is 0.708. The first-order chi connectivity index (χ1) is 16.1. The highest BCUT2D eigenvalue weighted by Gasteiger charge is 2.30. The number of amides is 1. The van der Waals surface area contributed by atoms with Gasteiger partial charge < -0.3 is 19.1 Å². The molecule has 0 unspecified atom stereocenters. The molecule has 3 rings (SSSR count). The zero-order valence-electron chi connectivity index (χ0n) is 21.0. The van der Waals surface area contributed by atoms with Crippen molar-refractivity contribution in [3.8, 4) is 5.75 Å². The van der Waals surface area contributed by atoms with Gasteiger partial charge in [-0.05, 0) is 43.7 Å². The number of hydrogen-bond acceptors (Lipinski definition) is 7. The van der Waals surface area contributed by atoms with Gasteiger partial charge in [-0.15, -0.1) is 0 Å². The number of ether oxygens (including phenoxy) is 3. The van der Waals surface area contributed by atoms with Gasteiger partial charge in [-0.3, -0.25) is 14.4 Å². The molecule has 2 aliphatic heterocycles. The predicted molar refractivity (Wildman–Crippen MR) is 132 cm³/mol. The summed E-state index contributed by atoms with van der Waals surface area (Å²) < 4.78 is 43.4. The molecular formula is C24H39N3O6S. The molecule has 3 atom stereocenters. The van der Waals surface area contributed by atoms with Gasteiger partial charge in [0.2, 0.25) is 10.0 Å². The smallest absolute Gasteiger partial charge is 0.257 e. The number of sulfonamides is 1. The van der Waals surface area contributed by atoms with Gasteiger partial charge >= 0.3 is 0 Å². The van der Waals surface area contributed by atoms with Crippen molar-refractivity contribution in [3.63, 3.8) is 0 Å². The van der Waals surface area contributed by atoms with E-state index in [0.29, 0.717) is 36.1 Å². The Kier molecular flexibility index (Phi) is 9.20. The summed E-state index contributed by atoms with van der Waals surface area (Å²) in [5.74, 6) is 0.954. The molecule has 1 saturated heterocycles. The molecule has 1 fully saturated rings. The first-order valence-electron chi connectivity index (χ1n) is 11.9. The molecule has 1 aromatic rings. The first-order valence-corrected chi connectivity index (χ1v) is 13.8. The average molecular weight is 498 g/mol. The number of benzene rings is 1. The van der Waals surface area contributed by atoms with E-state index in [1.807, 2.05) is 0 Å². The maximum absolute atomic E-state index is 13.3. The van der Waals surface area contributed by atoms with Crippen molar-refractivity contribution < 1.29 is 27.4 Å². The summed E-state index contributed by atoms with van der Waals surface area (Å²) >= 11 is 0. The molecule has 0 aromatic heterocycles. The Hall–Kier alpha value is -1.88. The van der Waals surface area contributed by atoms with Crippen LogP contribution >= 0.6 is 0 Å². The number of rotatable bonds is 5. The number of carbonyl (C=O) groups excluding carboxylic acids is 1. The van der Waals surface area contributed by atoms with Gasteiger partial charge in [-0.1, -0.05) is 6.92 Å². The Morgan fingerprint density at radius 2 is 1.88 bits per heavy atom. The lowest BCUT2D eigenvalue weighted by Gasteiger charge is -2.38. The maximum Gasteiger partial charge on any atom is 0.257 e. The number of likely N-dealkylation sites (N-methyl/N-ethyl adjacent to an activating group) is 1. The van der Waals surface area contributed by atoms with Crippen LogP contribution in [-0.4, -0.2) is 96.1 Å². The van der Waals surface area contributed by atoms with Crippen LogP contribution in [-0.2, 0) is 19.5 Å². The average Bonchev–Trinajstić information content (AvgIpc) is 2.79. The summed E-state index contributed by atoms with van der Waals surface area (Å²) in [5, 5.41) is 0. The fourth-order valence-corrected chi connectivity index (χ4v) is 5.19. The van der Waals surface area contributed by atoms with Gasteiger partial charge in [0, 0.05) is 59.1 Å². The normalized spacial score (nSPS) is 26.2. The summed E-state index contributed by atoms with van der Waals surface area (Å²) in [7, 11) is -0.0127. The lowest BCUT2D eigenvalue weighted by molar-refractivity contribution is 0.0000256. The van der Waals surface area contributed by atoms with E-state index in [4.69, 9.17) is 14.2 Å². The quantitative estimate of drug-likeness (QED) is 0.667. The molecule has 1 amide bonds. The van der Waals surface area contributed by atoms with Crippen molar-refractivity contribution in [2.24, 2.45) is 11.8 Å². The first kappa shape index (κ1) is 26.7. The SMILES string of the molecule is CO[C@H]1CN(C)C(=O)c2ccc(NS(C)(=O)=O)cc2OC[C@H](C)N(CC2CCOCC2)C[C@H]1C. The highest BCUT2D eigenvalue weighted by atomic mass is 32.2. The van der Waals surface area contributed by atoms with Crippen LogP contribution in [0.3, 0.4) is 0 Å². The minimum absolute atomic E-state index is 0.0921. The minimum Gasteiger partial charge on any atom is -0.491 e. The molecule has 192 valence electrons. The van der Waals surface area contributed by atoms with E-state index >= 15 is 0 Å². The van der Waals surface area contributed by atoms with E-state index < -0.39 is 10.0 Å². The Morgan fingerprint density at radius 3 is 2.53 bits per heavy atom. The number of methoxy groups -OCH3 is 1. The molecule has 0 spiro atoms. The van der Waals surface area contributed by atoms with E-state index in [1.54, 1.807) is 37.3 Å². The van der Waals surface area contributed by atoms with Crippen molar-refractivity contribution in [2.45, 2.75) is 38.8 Å². The highest BCUT2D eigenvalue weighted by Crippen LogP contribution is 2.28. The Bertz CT molecular complexity index is 935. The molecular weight excluding hydrogens is 458 g/mol. The molecule has 0 radical (unpaired) electrons. The van der Waals surface area contributed by atoms with Crippen LogP contribution in [0.4, 0.5) is 5.69 Å². The summed E-state index contributed by atoms with van der Waals surface area (Å²) in [5.41, 5.74) is 0.756. The van der Waals surface area contributed by atoms with E-state index in [0.717, 1.165) is 45.4 Å². The summed E-state index contributed by atoms with van der Waals surface area (Å²) in [6, 6.07) is 4.87. The second kappa shape index (κ2) is 11.7. The maximum atomic E-state index is 13.3. The van der Waals surface area contributed by atoms with Crippen molar-refractivity contribution in [1.29, 1.82) is 0 Å². The van der Waals surface area contributed by atoms with Gasteiger partial charge in [-0.2, -0.15) is 0 Å². The van der Waals surface area contributed by atoms with Crippen LogP contribution in [0.15, 0.2) is 18.2 Å². The third kappa shape index (κ3) is 7.31. The van der Waals surface area contributed by atoms with Crippen molar-refractivity contribution in [1.82, 2.24) is 9.80 Å². The molecule has 1 N–H and O–H groups in total. The number of hydrogen-bond donors (Lipinski definition) is 1. The molecule has 2 heterocycles. The van der Waals surface area contributed by atoms with E-state index in [-0.39, 0.29) is 24.0 Å². The van der Waals surface area contributed by atoms with Gasteiger partial charge in [0.05, 0.1) is 23.6 Å². The number of nitrogens with one attached hydrogen (secondary N) is 1. The molecule has 0 saturated carbocycles.